The Bertz CT molecular complexity index is 2630. The Kier molecular flexibility index (Phi) is 39.0. The number of hydrogen-bond donors (Lipinski definition) is 0. The van der Waals surface area contributed by atoms with Gasteiger partial charge in [0.15, 0.2) is 0 Å². The number of carbonyl (C=O) groups excluding carboxylic acids is 6. The molecular weight excluding hydrogens is 1370 g/mol. The van der Waals surface area contributed by atoms with Gasteiger partial charge in [0.1, 0.15) is 18.3 Å². The van der Waals surface area contributed by atoms with Crippen LogP contribution in [0.1, 0.15) is 398 Å². The fourth-order valence-corrected chi connectivity index (χ4v) is 26.3. The van der Waals surface area contributed by atoms with Crippen molar-refractivity contribution in [2.24, 2.45) is 148 Å². The van der Waals surface area contributed by atoms with E-state index in [-0.39, 0.29) is 54.1 Å². The molecule has 0 radical (unpaired) electrons. The molecule has 0 aromatic rings. The van der Waals surface area contributed by atoms with Gasteiger partial charge in [0.25, 0.3) is 0 Å². The maximum atomic E-state index is 11.4. The fraction of sp³-hybridized carbons (Fsp3) is 0.939. The van der Waals surface area contributed by atoms with Crippen LogP contribution in [0.2, 0.25) is 0 Å². The minimum absolute atomic E-state index is 0.00426. The van der Waals surface area contributed by atoms with Crippen LogP contribution in [-0.2, 0) is 57.2 Å². The molecule has 14 aliphatic rings. The largest absolute Gasteiger partial charge is 0.466 e. The highest BCUT2D eigenvalue weighted by molar-refractivity contribution is 5.73. The summed E-state index contributed by atoms with van der Waals surface area (Å²) >= 11 is 0. The number of cyclic esters (lactones) is 6. The number of unbranched alkanes of at least 4 members (excludes halogenated alkanes) is 1. The van der Waals surface area contributed by atoms with Crippen molar-refractivity contribution in [3.63, 3.8) is 0 Å². The minimum atomic E-state index is 0.00426. The second-order valence-electron chi connectivity index (χ2n) is 39.4. The van der Waals surface area contributed by atoms with Gasteiger partial charge in [-0.1, -0.05) is 173 Å². The fourth-order valence-electron chi connectivity index (χ4n) is 26.3. The van der Waals surface area contributed by atoms with Gasteiger partial charge in [-0.25, -0.2) is 0 Å². The molecule has 0 spiro atoms. The van der Waals surface area contributed by atoms with Crippen LogP contribution in [0, 0.1) is 148 Å². The normalized spacial score (nSPS) is 39.5. The van der Waals surface area contributed by atoms with Gasteiger partial charge >= 0.3 is 35.8 Å². The SMILES string of the molecule is CCC1CC(CC)C(CCC2CCC(=O)OC2)C1.CCC1CC(CC)C(CCC2CCCC(=O)O2)C1.CCC1CC(CC)C(CCC2CCOC(=O)C2)C1.CCC1CC(CC)C(CCC2COC(=O)C2)C1.CCC1CC(CC)C(CCCCC2CCC(=O)O2)C1.CCC1CC(CC)C2C3CC(CC3C3CCC(=O)O3)C12. The van der Waals surface area contributed by atoms with E-state index >= 15 is 0 Å². The molecule has 8 aliphatic carbocycles. The Hall–Kier alpha value is -3.18. The summed E-state index contributed by atoms with van der Waals surface area (Å²) in [4.78, 5) is 67.1. The maximum absolute atomic E-state index is 11.4. The van der Waals surface area contributed by atoms with E-state index in [1.807, 2.05) is 0 Å². The van der Waals surface area contributed by atoms with E-state index in [1.165, 1.54) is 225 Å². The smallest absolute Gasteiger partial charge is 0.306 e. The molecule has 6 aliphatic heterocycles. The number of esters is 6. The van der Waals surface area contributed by atoms with Crippen LogP contribution in [-0.4, -0.2) is 73.9 Å². The van der Waals surface area contributed by atoms with Gasteiger partial charge in [0, 0.05) is 38.0 Å². The molecule has 0 aromatic heterocycles. The molecule has 12 nitrogen and oxygen atoms in total. The summed E-state index contributed by atoms with van der Waals surface area (Å²) in [5.41, 5.74) is 0. The van der Waals surface area contributed by atoms with Gasteiger partial charge in [0.2, 0.25) is 0 Å². The van der Waals surface area contributed by atoms with Crippen molar-refractivity contribution in [2.45, 2.75) is 416 Å². The van der Waals surface area contributed by atoms with E-state index in [4.69, 9.17) is 28.4 Å². The van der Waals surface area contributed by atoms with Crippen molar-refractivity contribution in [2.75, 3.05) is 19.8 Å². The molecule has 2 bridgehead atoms. The van der Waals surface area contributed by atoms with Crippen molar-refractivity contribution in [3.8, 4) is 0 Å². The highest BCUT2D eigenvalue weighted by atomic mass is 16.6. The number of ether oxygens (including phenoxy) is 6. The third-order valence-corrected chi connectivity index (χ3v) is 33.2. The van der Waals surface area contributed by atoms with E-state index in [0.717, 1.165) is 176 Å². The molecule has 28 atom stereocenters. The lowest BCUT2D eigenvalue weighted by molar-refractivity contribution is -0.154. The van der Waals surface area contributed by atoms with Gasteiger partial charge in [-0.05, 0) is 328 Å². The quantitative estimate of drug-likeness (QED) is 0.0381. The first-order chi connectivity index (χ1) is 53.3. The molecule has 0 amide bonds. The van der Waals surface area contributed by atoms with Gasteiger partial charge in [0.05, 0.1) is 26.2 Å². The summed E-state index contributed by atoms with van der Waals surface area (Å²) in [6.45, 7) is 30.1. The summed E-state index contributed by atoms with van der Waals surface area (Å²) in [6.07, 6.45) is 61.0. The minimum Gasteiger partial charge on any atom is -0.466 e. The molecule has 12 heteroatoms. The molecule has 6 heterocycles. The predicted molar refractivity (Wildman–Crippen MR) is 444 cm³/mol. The Morgan fingerprint density at radius 2 is 0.655 bits per heavy atom. The standard InChI is InChI=1S/C18H28O2.C17H30O2.3C16H28O2.C15H26O2/c1-3-10-7-11(4-2)18-14-9-12(17(10)18)8-13(14)15-5-6-16(19)20-15;1-3-13-11-14(4-2)15(12-13)7-5-6-8-16-9-10-17(18)19-16;1-3-12-9-14(4-2)15(10-12)7-5-13-6-8-16(17)18-11-13;1-3-12-9-14(4-2)15(10-12)6-5-13-7-8-18-16(17)11-13;1-3-12-10-13(4-2)14(11-12)8-9-15-6-5-7-16(17)18-15;1-3-11-7-13(4-2)14(8-11)6-5-12-9-15(16)17-10-12/h10-15,17-18H,3-9H2,1-2H3;13-16H,3-12H2,1-2H3;3*12-15H,3-11H2,1-2H3;11-14H,3-10H2,1-2H3. The van der Waals surface area contributed by atoms with Crippen molar-refractivity contribution in [1.29, 1.82) is 0 Å². The second kappa shape index (κ2) is 47.3. The summed E-state index contributed by atoms with van der Waals surface area (Å²) < 4.78 is 31.5. The molecular formula is C98H168O12. The van der Waals surface area contributed by atoms with Crippen LogP contribution < -0.4 is 0 Å². The molecule has 6 saturated heterocycles. The number of fused-ring (bicyclic) bond motifs is 5. The van der Waals surface area contributed by atoms with Crippen LogP contribution in [0.5, 0.6) is 0 Å². The van der Waals surface area contributed by atoms with E-state index in [9.17, 15) is 28.8 Å². The van der Waals surface area contributed by atoms with Crippen molar-refractivity contribution in [1.82, 2.24) is 0 Å². The lowest BCUT2D eigenvalue weighted by Gasteiger charge is -2.37. The molecule has 8 saturated carbocycles. The van der Waals surface area contributed by atoms with Crippen molar-refractivity contribution < 1.29 is 57.2 Å². The molecule has 0 aromatic carbocycles. The Morgan fingerprint density at radius 1 is 0.264 bits per heavy atom. The van der Waals surface area contributed by atoms with Gasteiger partial charge in [-0.2, -0.15) is 0 Å². The van der Waals surface area contributed by atoms with E-state index < -0.39 is 0 Å². The molecule has 14 fully saturated rings. The zero-order chi connectivity index (χ0) is 78.6. The third-order valence-electron chi connectivity index (χ3n) is 33.2. The lowest BCUT2D eigenvalue weighted by Crippen LogP contribution is -2.35. The van der Waals surface area contributed by atoms with E-state index in [2.05, 4.69) is 83.1 Å². The Labute approximate surface area is 673 Å². The van der Waals surface area contributed by atoms with Gasteiger partial charge in [-0.15, -0.1) is 0 Å². The second-order valence-corrected chi connectivity index (χ2v) is 39.4. The number of carbonyl (C=O) groups is 6. The number of rotatable bonds is 30. The van der Waals surface area contributed by atoms with E-state index in [0.29, 0.717) is 82.0 Å². The van der Waals surface area contributed by atoms with Gasteiger partial charge in [-0.3, -0.25) is 28.8 Å². The molecule has 110 heavy (non-hydrogen) atoms. The lowest BCUT2D eigenvalue weighted by atomic mass is 9.69. The predicted octanol–water partition coefficient (Wildman–Crippen LogP) is 25.2. The van der Waals surface area contributed by atoms with Crippen molar-refractivity contribution in [3.05, 3.63) is 0 Å². The van der Waals surface area contributed by atoms with Crippen molar-refractivity contribution >= 4 is 35.8 Å². The average molecular weight is 1540 g/mol. The molecule has 0 N–H and O–H groups in total. The zero-order valence-corrected chi connectivity index (χ0v) is 72.8. The summed E-state index contributed by atoms with van der Waals surface area (Å²) in [5, 5.41) is 0. The van der Waals surface area contributed by atoms with Gasteiger partial charge < -0.3 is 28.4 Å². The Balaban J connectivity index is 0.000000152. The summed E-state index contributed by atoms with van der Waals surface area (Å²) in [7, 11) is 0. The highest BCUT2D eigenvalue weighted by Crippen LogP contribution is 2.67. The number of hydrogen-bond acceptors (Lipinski definition) is 12. The molecule has 28 unspecified atom stereocenters. The van der Waals surface area contributed by atoms with Crippen LogP contribution >= 0.6 is 0 Å². The van der Waals surface area contributed by atoms with Crippen LogP contribution in [0.4, 0.5) is 0 Å². The van der Waals surface area contributed by atoms with E-state index in [1.54, 1.807) is 0 Å². The molecule has 14 rings (SSSR count). The monoisotopic (exact) mass is 1540 g/mol. The summed E-state index contributed by atoms with van der Waals surface area (Å²) in [5.74, 6) is 22.6. The maximum Gasteiger partial charge on any atom is 0.306 e. The first kappa shape index (κ1) is 90.7. The zero-order valence-electron chi connectivity index (χ0n) is 72.8. The van der Waals surface area contributed by atoms with Crippen LogP contribution in [0.3, 0.4) is 0 Å². The first-order valence-electron chi connectivity index (χ1n) is 48.4. The highest BCUT2D eigenvalue weighted by Gasteiger charge is 2.61. The summed E-state index contributed by atoms with van der Waals surface area (Å²) in [6, 6.07) is 0. The topological polar surface area (TPSA) is 158 Å². The third kappa shape index (κ3) is 26.9. The van der Waals surface area contributed by atoms with Crippen LogP contribution in [0.25, 0.3) is 0 Å². The van der Waals surface area contributed by atoms with Crippen LogP contribution in [0.15, 0.2) is 0 Å². The average Bonchev–Trinajstić information content (AvgIpc) is 1.56. The Morgan fingerprint density at radius 3 is 1.10 bits per heavy atom. The first-order valence-corrected chi connectivity index (χ1v) is 48.4. The molecule has 632 valence electrons.